The normalized spacial score (nSPS) is 11.2. The summed E-state index contributed by atoms with van der Waals surface area (Å²) >= 11 is 0. The van der Waals surface area contributed by atoms with Gasteiger partial charge in [-0.25, -0.2) is 9.97 Å². The minimum atomic E-state index is 0.248. The lowest BCUT2D eigenvalue weighted by atomic mass is 10.1. The van der Waals surface area contributed by atoms with Crippen molar-refractivity contribution in [1.29, 1.82) is 0 Å². The standard InChI is InChI=1S/C16H11N3O/c20-15-8-4-1-5-12(15)11-9-17-16-18-13-6-2-3-7-14(13)19(16)10-11/h1-10,20H. The van der Waals surface area contributed by atoms with E-state index >= 15 is 0 Å². The molecule has 4 aromatic rings. The molecule has 0 aliphatic heterocycles. The first kappa shape index (κ1) is 11.0. The number of fused-ring (bicyclic) bond motifs is 3. The molecule has 20 heavy (non-hydrogen) atoms. The monoisotopic (exact) mass is 261 g/mol. The van der Waals surface area contributed by atoms with Gasteiger partial charge in [-0.1, -0.05) is 30.3 Å². The van der Waals surface area contributed by atoms with E-state index in [0.29, 0.717) is 5.78 Å². The molecule has 2 heterocycles. The maximum absolute atomic E-state index is 9.95. The van der Waals surface area contributed by atoms with Gasteiger partial charge in [0.25, 0.3) is 0 Å². The zero-order chi connectivity index (χ0) is 13.5. The van der Waals surface area contributed by atoms with E-state index in [9.17, 15) is 5.11 Å². The third-order valence-corrected chi connectivity index (χ3v) is 3.38. The lowest BCUT2D eigenvalue weighted by molar-refractivity contribution is 0.477. The second-order valence-corrected chi connectivity index (χ2v) is 4.63. The Morgan fingerprint density at radius 2 is 1.75 bits per heavy atom. The van der Waals surface area contributed by atoms with Crippen LogP contribution in [0, 0.1) is 0 Å². The summed E-state index contributed by atoms with van der Waals surface area (Å²) in [5, 5.41) is 9.95. The zero-order valence-corrected chi connectivity index (χ0v) is 10.6. The summed E-state index contributed by atoms with van der Waals surface area (Å²) in [4.78, 5) is 8.84. The molecule has 0 saturated heterocycles. The van der Waals surface area contributed by atoms with E-state index in [1.54, 1.807) is 18.3 Å². The van der Waals surface area contributed by atoms with Crippen molar-refractivity contribution in [2.24, 2.45) is 0 Å². The molecular formula is C16H11N3O. The number of benzene rings is 2. The van der Waals surface area contributed by atoms with Crippen LogP contribution in [0.1, 0.15) is 0 Å². The van der Waals surface area contributed by atoms with Crippen LogP contribution in [0.2, 0.25) is 0 Å². The molecule has 4 nitrogen and oxygen atoms in total. The quantitative estimate of drug-likeness (QED) is 0.572. The SMILES string of the molecule is Oc1ccccc1-c1cnc2nc3ccccc3n2c1. The molecule has 0 radical (unpaired) electrons. The number of phenols is 1. The Kier molecular flexibility index (Phi) is 2.23. The minimum absolute atomic E-state index is 0.248. The number of imidazole rings is 1. The van der Waals surface area contributed by atoms with E-state index < -0.39 is 0 Å². The summed E-state index contributed by atoms with van der Waals surface area (Å²) in [5.74, 6) is 0.906. The molecule has 4 rings (SSSR count). The van der Waals surface area contributed by atoms with Crippen molar-refractivity contribution >= 4 is 16.8 Å². The van der Waals surface area contributed by atoms with Crippen LogP contribution in [-0.4, -0.2) is 19.5 Å². The Labute approximate surface area is 115 Å². The van der Waals surface area contributed by atoms with E-state index in [1.807, 2.05) is 47.0 Å². The maximum atomic E-state index is 9.95. The molecule has 1 N–H and O–H groups in total. The molecule has 0 bridgehead atoms. The molecule has 0 saturated carbocycles. The van der Waals surface area contributed by atoms with Gasteiger partial charge in [-0.05, 0) is 18.2 Å². The largest absolute Gasteiger partial charge is 0.507 e. The molecule has 0 atom stereocenters. The molecule has 0 amide bonds. The second-order valence-electron chi connectivity index (χ2n) is 4.63. The third-order valence-electron chi connectivity index (χ3n) is 3.38. The maximum Gasteiger partial charge on any atom is 0.234 e. The second kappa shape index (κ2) is 4.06. The Balaban J connectivity index is 2.03. The van der Waals surface area contributed by atoms with Gasteiger partial charge < -0.3 is 5.11 Å². The van der Waals surface area contributed by atoms with E-state index in [4.69, 9.17) is 0 Å². The van der Waals surface area contributed by atoms with E-state index in [0.717, 1.165) is 22.2 Å². The Morgan fingerprint density at radius 3 is 2.65 bits per heavy atom. The fourth-order valence-electron chi connectivity index (χ4n) is 2.41. The van der Waals surface area contributed by atoms with Gasteiger partial charge in [0, 0.05) is 23.5 Å². The number of nitrogens with zero attached hydrogens (tertiary/aromatic N) is 3. The number of aromatic hydroxyl groups is 1. The number of phenolic OH excluding ortho intramolecular Hbond substituents is 1. The van der Waals surface area contributed by atoms with Crippen molar-refractivity contribution in [3.05, 3.63) is 60.9 Å². The number of rotatable bonds is 1. The molecule has 2 aromatic heterocycles. The van der Waals surface area contributed by atoms with Crippen LogP contribution in [0.4, 0.5) is 0 Å². The summed E-state index contributed by atoms with van der Waals surface area (Å²) < 4.78 is 1.94. The van der Waals surface area contributed by atoms with Crippen LogP contribution in [0.3, 0.4) is 0 Å². The number of aromatic nitrogens is 3. The van der Waals surface area contributed by atoms with Gasteiger partial charge in [-0.3, -0.25) is 4.40 Å². The lowest BCUT2D eigenvalue weighted by Crippen LogP contribution is -1.90. The van der Waals surface area contributed by atoms with Gasteiger partial charge in [0.05, 0.1) is 11.0 Å². The highest BCUT2D eigenvalue weighted by Gasteiger charge is 2.08. The van der Waals surface area contributed by atoms with Crippen molar-refractivity contribution in [3.8, 4) is 16.9 Å². The van der Waals surface area contributed by atoms with E-state index in [2.05, 4.69) is 9.97 Å². The Bertz CT molecular complexity index is 927. The van der Waals surface area contributed by atoms with Crippen LogP contribution in [0.15, 0.2) is 60.9 Å². The number of hydrogen-bond donors (Lipinski definition) is 1. The van der Waals surface area contributed by atoms with Crippen molar-refractivity contribution in [2.75, 3.05) is 0 Å². The molecule has 0 fully saturated rings. The average Bonchev–Trinajstić information content (AvgIpc) is 2.85. The number of para-hydroxylation sites is 3. The minimum Gasteiger partial charge on any atom is -0.507 e. The first-order valence-electron chi connectivity index (χ1n) is 6.34. The first-order valence-corrected chi connectivity index (χ1v) is 6.34. The molecule has 0 aliphatic carbocycles. The lowest BCUT2D eigenvalue weighted by Gasteiger charge is -2.04. The summed E-state index contributed by atoms with van der Waals surface area (Å²) in [6.45, 7) is 0. The highest BCUT2D eigenvalue weighted by molar-refractivity contribution is 5.80. The van der Waals surface area contributed by atoms with Gasteiger partial charge >= 0.3 is 0 Å². The summed E-state index contributed by atoms with van der Waals surface area (Å²) in [6.07, 6.45) is 3.68. The van der Waals surface area contributed by atoms with Gasteiger partial charge in [-0.2, -0.15) is 0 Å². The highest BCUT2D eigenvalue weighted by atomic mass is 16.3. The molecule has 96 valence electrons. The predicted octanol–water partition coefficient (Wildman–Crippen LogP) is 3.26. The summed E-state index contributed by atoms with van der Waals surface area (Å²) in [7, 11) is 0. The molecule has 0 spiro atoms. The predicted molar refractivity (Wildman–Crippen MR) is 77.6 cm³/mol. The van der Waals surface area contributed by atoms with Gasteiger partial charge in [0.2, 0.25) is 5.78 Å². The van der Waals surface area contributed by atoms with Gasteiger partial charge in [0.15, 0.2) is 0 Å². The zero-order valence-electron chi connectivity index (χ0n) is 10.6. The topological polar surface area (TPSA) is 50.4 Å². The van der Waals surface area contributed by atoms with E-state index in [1.165, 1.54) is 0 Å². The molecular weight excluding hydrogens is 250 g/mol. The van der Waals surface area contributed by atoms with E-state index in [-0.39, 0.29) is 5.75 Å². The first-order chi connectivity index (χ1) is 9.83. The molecule has 0 aliphatic rings. The number of hydrogen-bond acceptors (Lipinski definition) is 3. The fraction of sp³-hybridized carbons (Fsp3) is 0. The molecule has 4 heteroatoms. The van der Waals surface area contributed by atoms with Crippen LogP contribution in [0.5, 0.6) is 5.75 Å². The molecule has 2 aromatic carbocycles. The van der Waals surface area contributed by atoms with Crippen molar-refractivity contribution in [3.63, 3.8) is 0 Å². The van der Waals surface area contributed by atoms with Gasteiger partial charge in [0.1, 0.15) is 5.75 Å². The fourth-order valence-corrected chi connectivity index (χ4v) is 2.41. The van der Waals surface area contributed by atoms with Crippen LogP contribution in [0.25, 0.3) is 27.9 Å². The Hall–Kier alpha value is -2.88. The smallest absolute Gasteiger partial charge is 0.234 e. The van der Waals surface area contributed by atoms with Crippen molar-refractivity contribution in [1.82, 2.24) is 14.4 Å². The van der Waals surface area contributed by atoms with Crippen LogP contribution in [-0.2, 0) is 0 Å². The molecule has 0 unspecified atom stereocenters. The summed E-state index contributed by atoms with van der Waals surface area (Å²) in [5.41, 5.74) is 3.54. The van der Waals surface area contributed by atoms with Gasteiger partial charge in [-0.15, -0.1) is 0 Å². The average molecular weight is 261 g/mol. The third kappa shape index (κ3) is 1.55. The highest BCUT2D eigenvalue weighted by Crippen LogP contribution is 2.28. The Morgan fingerprint density at radius 1 is 0.950 bits per heavy atom. The van der Waals surface area contributed by atoms with Crippen LogP contribution >= 0.6 is 0 Å². The van der Waals surface area contributed by atoms with Crippen molar-refractivity contribution < 1.29 is 5.11 Å². The summed E-state index contributed by atoms with van der Waals surface area (Å²) in [6, 6.07) is 15.1. The van der Waals surface area contributed by atoms with Crippen LogP contribution < -0.4 is 0 Å². The van der Waals surface area contributed by atoms with Crippen molar-refractivity contribution in [2.45, 2.75) is 0 Å².